The lowest BCUT2D eigenvalue weighted by Gasteiger charge is -2.37. The van der Waals surface area contributed by atoms with Crippen molar-refractivity contribution in [2.75, 3.05) is 19.6 Å². The highest BCUT2D eigenvalue weighted by atomic mass is 16.2. The Bertz CT molecular complexity index is 674. The number of hydrogen-bond acceptors (Lipinski definition) is 3. The molecule has 25 heavy (non-hydrogen) atoms. The van der Waals surface area contributed by atoms with E-state index < -0.39 is 0 Å². The molecule has 1 N–H and O–H groups in total. The smallest absolute Gasteiger partial charge is 0.317 e. The molecule has 1 aromatic rings. The van der Waals surface area contributed by atoms with Crippen LogP contribution in [0.3, 0.4) is 0 Å². The van der Waals surface area contributed by atoms with Crippen LogP contribution in [0, 0.1) is 0 Å². The van der Waals surface area contributed by atoms with Gasteiger partial charge in [0.05, 0.1) is 0 Å². The number of nitrogens with zero attached hydrogens (tertiary/aromatic N) is 2. The Hall–Kier alpha value is -2.37. The number of nitrogens with one attached hydrogen (secondary N) is 1. The van der Waals surface area contributed by atoms with Crippen LogP contribution in [0.15, 0.2) is 24.3 Å². The van der Waals surface area contributed by atoms with E-state index in [1.54, 1.807) is 11.0 Å². The fourth-order valence-corrected chi connectivity index (χ4v) is 3.64. The number of hydrogen-bond donors (Lipinski definition) is 1. The molecule has 0 aliphatic carbocycles. The summed E-state index contributed by atoms with van der Waals surface area (Å²) in [7, 11) is 0. The highest BCUT2D eigenvalue weighted by Crippen LogP contribution is 2.21. The Morgan fingerprint density at radius 3 is 2.80 bits per heavy atom. The summed E-state index contributed by atoms with van der Waals surface area (Å²) in [4.78, 5) is 39.6. The maximum Gasteiger partial charge on any atom is 0.317 e. The van der Waals surface area contributed by atoms with Crippen molar-refractivity contribution < 1.29 is 14.4 Å². The van der Waals surface area contributed by atoms with Crippen LogP contribution in [-0.4, -0.2) is 53.2 Å². The first kappa shape index (κ1) is 17.5. The van der Waals surface area contributed by atoms with Crippen molar-refractivity contribution in [2.45, 2.75) is 45.2 Å². The molecule has 2 heterocycles. The number of carbonyl (C=O) groups excluding carboxylic acids is 3. The van der Waals surface area contributed by atoms with E-state index >= 15 is 0 Å². The van der Waals surface area contributed by atoms with E-state index in [2.05, 4.69) is 5.32 Å². The number of piperidine rings is 1. The van der Waals surface area contributed by atoms with Gasteiger partial charge in [0.25, 0.3) is 0 Å². The number of rotatable bonds is 4. The zero-order valence-electron chi connectivity index (χ0n) is 14.7. The second-order valence-corrected chi connectivity index (χ2v) is 6.85. The molecule has 2 aliphatic heterocycles. The highest BCUT2D eigenvalue weighted by Gasteiger charge is 2.32. The van der Waals surface area contributed by atoms with Crippen molar-refractivity contribution in [1.82, 2.24) is 15.1 Å². The lowest BCUT2D eigenvalue weighted by atomic mass is 10.0. The summed E-state index contributed by atoms with van der Waals surface area (Å²) in [5, 5.41) is 2.93. The molecular formula is C19H25N3O3. The minimum Gasteiger partial charge on any atom is -0.338 e. The van der Waals surface area contributed by atoms with Gasteiger partial charge in [-0.05, 0) is 37.8 Å². The quantitative estimate of drug-likeness (QED) is 0.852. The van der Waals surface area contributed by atoms with E-state index in [0.717, 1.165) is 37.9 Å². The molecule has 0 aromatic heterocycles. The summed E-state index contributed by atoms with van der Waals surface area (Å²) >= 11 is 0. The minimum atomic E-state index is -0.107. The molecule has 1 aromatic carbocycles. The number of Topliss-reactive ketones (excluding diaryl/α,β-unsaturated/α-hetero) is 1. The first-order valence-corrected chi connectivity index (χ1v) is 8.96. The SMILES string of the molecule is CC(=O)c1cccc(CNC(=O)N2CCCC(N3CCCC3=O)C2)c1. The first-order valence-electron chi connectivity index (χ1n) is 8.96. The lowest BCUT2D eigenvalue weighted by molar-refractivity contribution is -0.130. The van der Waals surface area contributed by atoms with Gasteiger partial charge < -0.3 is 15.1 Å². The number of amides is 3. The van der Waals surface area contributed by atoms with Gasteiger partial charge in [0, 0.05) is 44.2 Å². The molecule has 6 heteroatoms. The van der Waals surface area contributed by atoms with E-state index in [-0.39, 0.29) is 23.8 Å². The average Bonchev–Trinajstić information content (AvgIpc) is 3.06. The van der Waals surface area contributed by atoms with Gasteiger partial charge in [0.15, 0.2) is 5.78 Å². The van der Waals surface area contributed by atoms with E-state index in [9.17, 15) is 14.4 Å². The fraction of sp³-hybridized carbons (Fsp3) is 0.526. The van der Waals surface area contributed by atoms with Gasteiger partial charge >= 0.3 is 6.03 Å². The van der Waals surface area contributed by atoms with Crippen LogP contribution in [0.25, 0.3) is 0 Å². The van der Waals surface area contributed by atoms with Crippen LogP contribution in [0.2, 0.25) is 0 Å². The maximum atomic E-state index is 12.5. The lowest BCUT2D eigenvalue weighted by Crippen LogP contribution is -2.52. The monoisotopic (exact) mass is 343 g/mol. The van der Waals surface area contributed by atoms with Gasteiger partial charge in [-0.25, -0.2) is 4.79 Å². The standard InChI is InChI=1S/C19H25N3O3/c1-14(23)16-6-2-5-15(11-16)12-20-19(25)21-9-3-7-17(13-21)22-10-4-8-18(22)24/h2,5-6,11,17H,3-4,7-10,12-13H2,1H3,(H,20,25). The van der Waals surface area contributed by atoms with Gasteiger partial charge in [-0.3, -0.25) is 9.59 Å². The molecule has 1 unspecified atom stereocenters. The number of urea groups is 1. The predicted molar refractivity (Wildman–Crippen MR) is 94.2 cm³/mol. The first-order chi connectivity index (χ1) is 12.0. The molecule has 0 radical (unpaired) electrons. The van der Waals surface area contributed by atoms with Crippen LogP contribution in [0.5, 0.6) is 0 Å². The third kappa shape index (κ3) is 4.18. The zero-order valence-corrected chi connectivity index (χ0v) is 14.7. The number of ketones is 1. The van der Waals surface area contributed by atoms with Crippen molar-refractivity contribution in [2.24, 2.45) is 0 Å². The zero-order chi connectivity index (χ0) is 17.8. The Kier molecular flexibility index (Phi) is 5.36. The molecule has 0 bridgehead atoms. The van der Waals surface area contributed by atoms with Crippen LogP contribution in [0.1, 0.15) is 48.5 Å². The molecule has 3 amide bonds. The van der Waals surface area contributed by atoms with Gasteiger partial charge in [0.1, 0.15) is 0 Å². The third-order valence-corrected chi connectivity index (χ3v) is 5.01. The molecule has 0 saturated carbocycles. The Morgan fingerprint density at radius 1 is 1.24 bits per heavy atom. The minimum absolute atomic E-state index is 0.0160. The molecule has 2 fully saturated rings. The van der Waals surface area contributed by atoms with Crippen LogP contribution in [-0.2, 0) is 11.3 Å². The fourth-order valence-electron chi connectivity index (χ4n) is 3.64. The summed E-state index contributed by atoms with van der Waals surface area (Å²) < 4.78 is 0. The van der Waals surface area contributed by atoms with Crippen LogP contribution >= 0.6 is 0 Å². The summed E-state index contributed by atoms with van der Waals surface area (Å²) in [5.74, 6) is 0.232. The molecular weight excluding hydrogens is 318 g/mol. The van der Waals surface area contributed by atoms with Crippen molar-refractivity contribution in [3.63, 3.8) is 0 Å². The summed E-state index contributed by atoms with van der Waals surface area (Å²) in [6.07, 6.45) is 3.45. The summed E-state index contributed by atoms with van der Waals surface area (Å²) in [5.41, 5.74) is 1.56. The third-order valence-electron chi connectivity index (χ3n) is 5.01. The molecule has 2 aliphatic rings. The number of benzene rings is 1. The number of carbonyl (C=O) groups is 3. The molecule has 0 spiro atoms. The van der Waals surface area contributed by atoms with Gasteiger partial charge in [-0.15, -0.1) is 0 Å². The molecule has 6 nitrogen and oxygen atoms in total. The van der Waals surface area contributed by atoms with E-state index in [0.29, 0.717) is 25.1 Å². The highest BCUT2D eigenvalue weighted by molar-refractivity contribution is 5.94. The second-order valence-electron chi connectivity index (χ2n) is 6.85. The van der Waals surface area contributed by atoms with Crippen LogP contribution in [0.4, 0.5) is 4.79 Å². The van der Waals surface area contributed by atoms with E-state index in [1.807, 2.05) is 23.1 Å². The Balaban J connectivity index is 1.55. The Labute approximate surface area is 148 Å². The molecule has 3 rings (SSSR count). The molecule has 1 atom stereocenters. The van der Waals surface area contributed by atoms with E-state index in [4.69, 9.17) is 0 Å². The average molecular weight is 343 g/mol. The largest absolute Gasteiger partial charge is 0.338 e. The number of likely N-dealkylation sites (tertiary alicyclic amines) is 2. The molecule has 134 valence electrons. The second kappa shape index (κ2) is 7.68. The van der Waals surface area contributed by atoms with Crippen LogP contribution < -0.4 is 5.32 Å². The summed E-state index contributed by atoms with van der Waals surface area (Å²) in [6, 6.07) is 7.35. The van der Waals surface area contributed by atoms with Crippen molar-refractivity contribution in [3.8, 4) is 0 Å². The van der Waals surface area contributed by atoms with Gasteiger partial charge in [-0.2, -0.15) is 0 Å². The maximum absolute atomic E-state index is 12.5. The predicted octanol–water partition coefficient (Wildman–Crippen LogP) is 2.19. The van der Waals surface area contributed by atoms with Crippen molar-refractivity contribution >= 4 is 17.7 Å². The van der Waals surface area contributed by atoms with Gasteiger partial charge in [-0.1, -0.05) is 18.2 Å². The van der Waals surface area contributed by atoms with Gasteiger partial charge in [0.2, 0.25) is 5.91 Å². The summed E-state index contributed by atoms with van der Waals surface area (Å²) in [6.45, 7) is 4.06. The van der Waals surface area contributed by atoms with Crippen molar-refractivity contribution in [1.29, 1.82) is 0 Å². The Morgan fingerprint density at radius 2 is 2.08 bits per heavy atom. The molecule has 2 saturated heterocycles. The van der Waals surface area contributed by atoms with Crippen molar-refractivity contribution in [3.05, 3.63) is 35.4 Å². The topological polar surface area (TPSA) is 69.7 Å². The normalized spacial score (nSPS) is 20.7. The van der Waals surface area contributed by atoms with E-state index in [1.165, 1.54) is 6.92 Å².